The summed E-state index contributed by atoms with van der Waals surface area (Å²) in [5.74, 6) is -1.63. The van der Waals surface area contributed by atoms with Crippen LogP contribution in [-0.4, -0.2) is 19.0 Å². The van der Waals surface area contributed by atoms with Crippen molar-refractivity contribution >= 4 is 17.6 Å². The van der Waals surface area contributed by atoms with Gasteiger partial charge in [0.1, 0.15) is 5.82 Å². The van der Waals surface area contributed by atoms with Crippen molar-refractivity contribution in [2.45, 2.75) is 0 Å². The fourth-order valence-electron chi connectivity index (χ4n) is 1.69. The smallest absolute Gasteiger partial charge is 0.339 e. The topological polar surface area (TPSA) is 55.4 Å². The van der Waals surface area contributed by atoms with Gasteiger partial charge in [-0.2, -0.15) is 0 Å². The molecule has 0 aromatic heterocycles. The minimum Gasteiger partial charge on any atom is -0.465 e. The summed E-state index contributed by atoms with van der Waals surface area (Å²) in [4.78, 5) is 23.6. The Kier molecular flexibility index (Phi) is 4.10. The summed E-state index contributed by atoms with van der Waals surface area (Å²) in [6.07, 6.45) is 0. The second kappa shape index (κ2) is 5.97. The molecule has 2 rings (SSSR count). The highest BCUT2D eigenvalue weighted by atomic mass is 19.1. The maximum Gasteiger partial charge on any atom is 0.339 e. The lowest BCUT2D eigenvalue weighted by Gasteiger charge is -2.10. The third-order valence-electron chi connectivity index (χ3n) is 2.67. The zero-order valence-corrected chi connectivity index (χ0v) is 10.7. The summed E-state index contributed by atoms with van der Waals surface area (Å²) in [5.41, 5.74) is 0.580. The average Bonchev–Trinajstić information content (AvgIpc) is 2.47. The number of nitrogens with one attached hydrogen (secondary N) is 1. The number of hydrogen-bond donors (Lipinski definition) is 1. The second-order valence-electron chi connectivity index (χ2n) is 4.00. The zero-order valence-electron chi connectivity index (χ0n) is 10.7. The van der Waals surface area contributed by atoms with Crippen LogP contribution in [0, 0.1) is 5.82 Å². The molecule has 0 fully saturated rings. The number of hydrogen-bond acceptors (Lipinski definition) is 3. The van der Waals surface area contributed by atoms with E-state index in [4.69, 9.17) is 0 Å². The molecular formula is C15H12FNO3. The van der Waals surface area contributed by atoms with Crippen LogP contribution in [0.25, 0.3) is 0 Å². The molecule has 0 radical (unpaired) electrons. The van der Waals surface area contributed by atoms with E-state index in [0.717, 1.165) is 12.1 Å². The van der Waals surface area contributed by atoms with Crippen LogP contribution in [0.5, 0.6) is 0 Å². The fourth-order valence-corrected chi connectivity index (χ4v) is 1.69. The predicted molar refractivity (Wildman–Crippen MR) is 72.1 cm³/mol. The molecule has 0 heterocycles. The zero-order chi connectivity index (χ0) is 14.5. The summed E-state index contributed by atoms with van der Waals surface area (Å²) in [7, 11) is 1.22. The van der Waals surface area contributed by atoms with Crippen molar-refractivity contribution in [2.75, 3.05) is 12.4 Å². The number of methoxy groups -OCH3 is 1. The van der Waals surface area contributed by atoms with Gasteiger partial charge in [-0.15, -0.1) is 0 Å². The van der Waals surface area contributed by atoms with Gasteiger partial charge >= 0.3 is 5.97 Å². The Balaban J connectivity index is 2.31. The summed E-state index contributed by atoms with van der Waals surface area (Å²) in [6.45, 7) is 0. The van der Waals surface area contributed by atoms with Gasteiger partial charge in [0.05, 0.1) is 18.4 Å². The fraction of sp³-hybridized carbons (Fsp3) is 0.0667. The molecule has 0 unspecified atom stereocenters. The molecule has 102 valence electrons. The first-order valence-corrected chi connectivity index (χ1v) is 5.86. The molecule has 0 saturated carbocycles. The van der Waals surface area contributed by atoms with Gasteiger partial charge in [0.25, 0.3) is 5.91 Å². The first kappa shape index (κ1) is 13.7. The molecule has 0 saturated heterocycles. The molecule has 0 spiro atoms. The highest BCUT2D eigenvalue weighted by Gasteiger charge is 2.15. The van der Waals surface area contributed by atoms with Crippen LogP contribution in [0.15, 0.2) is 48.5 Å². The summed E-state index contributed by atoms with van der Waals surface area (Å²) >= 11 is 0. The van der Waals surface area contributed by atoms with Crippen molar-refractivity contribution in [1.82, 2.24) is 0 Å². The number of carbonyl (C=O) groups excluding carboxylic acids is 2. The van der Waals surface area contributed by atoms with Crippen molar-refractivity contribution in [3.05, 3.63) is 65.5 Å². The molecule has 5 heteroatoms. The number of halogens is 1. The van der Waals surface area contributed by atoms with E-state index in [2.05, 4.69) is 10.1 Å². The quantitative estimate of drug-likeness (QED) is 0.875. The number of anilines is 1. The Hall–Kier alpha value is -2.69. The highest BCUT2D eigenvalue weighted by Crippen LogP contribution is 2.19. The molecule has 0 atom stereocenters. The molecule has 20 heavy (non-hydrogen) atoms. The monoisotopic (exact) mass is 273 g/mol. The van der Waals surface area contributed by atoms with E-state index in [1.165, 1.54) is 13.2 Å². The van der Waals surface area contributed by atoms with Crippen LogP contribution >= 0.6 is 0 Å². The third kappa shape index (κ3) is 3.00. The van der Waals surface area contributed by atoms with E-state index in [9.17, 15) is 14.0 Å². The van der Waals surface area contributed by atoms with Crippen molar-refractivity contribution in [3.8, 4) is 0 Å². The molecule has 4 nitrogen and oxygen atoms in total. The number of ether oxygens (including phenoxy) is 1. The molecule has 2 aromatic rings. The maximum atomic E-state index is 13.3. The van der Waals surface area contributed by atoms with Crippen LogP contribution in [0.2, 0.25) is 0 Å². The third-order valence-corrected chi connectivity index (χ3v) is 2.67. The molecular weight excluding hydrogens is 261 g/mol. The van der Waals surface area contributed by atoms with Crippen LogP contribution in [0.3, 0.4) is 0 Å². The van der Waals surface area contributed by atoms with Crippen LogP contribution < -0.4 is 5.32 Å². The lowest BCUT2D eigenvalue weighted by molar-refractivity contribution is 0.0602. The summed E-state index contributed by atoms with van der Waals surface area (Å²) < 4.78 is 17.9. The molecule has 2 aromatic carbocycles. The minimum atomic E-state index is -0.645. The van der Waals surface area contributed by atoms with Crippen molar-refractivity contribution in [2.24, 2.45) is 0 Å². The van der Waals surface area contributed by atoms with Gasteiger partial charge in [0.15, 0.2) is 0 Å². The van der Waals surface area contributed by atoms with E-state index in [-0.39, 0.29) is 11.3 Å². The normalized spacial score (nSPS) is 9.90. The Bertz CT molecular complexity index is 641. The van der Waals surface area contributed by atoms with E-state index < -0.39 is 17.7 Å². The van der Waals surface area contributed by atoms with Crippen LogP contribution in [0.1, 0.15) is 20.7 Å². The first-order valence-electron chi connectivity index (χ1n) is 5.86. The van der Waals surface area contributed by atoms with Crippen molar-refractivity contribution < 1.29 is 18.7 Å². The predicted octanol–water partition coefficient (Wildman–Crippen LogP) is 2.86. The second-order valence-corrected chi connectivity index (χ2v) is 4.00. The first-order chi connectivity index (χ1) is 9.61. The van der Waals surface area contributed by atoms with Gasteiger partial charge in [0, 0.05) is 5.56 Å². The minimum absolute atomic E-state index is 0.0747. The van der Waals surface area contributed by atoms with E-state index in [1.54, 1.807) is 30.3 Å². The number of amides is 1. The van der Waals surface area contributed by atoms with Crippen molar-refractivity contribution in [1.29, 1.82) is 0 Å². The van der Waals surface area contributed by atoms with E-state index >= 15 is 0 Å². The molecule has 1 N–H and O–H groups in total. The Morgan fingerprint density at radius 1 is 1.10 bits per heavy atom. The van der Waals surface area contributed by atoms with Crippen molar-refractivity contribution in [3.63, 3.8) is 0 Å². The van der Waals surface area contributed by atoms with E-state index in [1.807, 2.05) is 0 Å². The Morgan fingerprint density at radius 2 is 1.80 bits per heavy atom. The van der Waals surface area contributed by atoms with Crippen LogP contribution in [0.4, 0.5) is 10.1 Å². The largest absolute Gasteiger partial charge is 0.465 e. The number of esters is 1. The SMILES string of the molecule is COC(=O)c1ccc(F)cc1NC(=O)c1ccccc1. The van der Waals surface area contributed by atoms with Gasteiger partial charge in [-0.3, -0.25) is 4.79 Å². The van der Waals surface area contributed by atoms with Gasteiger partial charge in [0.2, 0.25) is 0 Å². The maximum absolute atomic E-state index is 13.3. The summed E-state index contributed by atoms with van der Waals surface area (Å²) in [6, 6.07) is 11.9. The standard InChI is InChI=1S/C15H12FNO3/c1-20-15(19)12-8-7-11(16)9-13(12)17-14(18)10-5-3-2-4-6-10/h2-9H,1H3,(H,17,18). The molecule has 0 aliphatic rings. The van der Waals surface area contributed by atoms with E-state index in [0.29, 0.717) is 5.56 Å². The number of carbonyl (C=O) groups is 2. The van der Waals surface area contributed by atoms with Crippen LogP contribution in [-0.2, 0) is 4.74 Å². The van der Waals surface area contributed by atoms with Gasteiger partial charge < -0.3 is 10.1 Å². The molecule has 0 aliphatic heterocycles. The molecule has 0 aliphatic carbocycles. The molecule has 0 bridgehead atoms. The van der Waals surface area contributed by atoms with Gasteiger partial charge in [-0.25, -0.2) is 9.18 Å². The Morgan fingerprint density at radius 3 is 2.45 bits per heavy atom. The Labute approximate surface area is 115 Å². The average molecular weight is 273 g/mol. The lowest BCUT2D eigenvalue weighted by atomic mass is 10.1. The number of rotatable bonds is 3. The molecule has 1 amide bonds. The van der Waals surface area contributed by atoms with Gasteiger partial charge in [-0.05, 0) is 30.3 Å². The summed E-state index contributed by atoms with van der Waals surface area (Å²) in [5, 5.41) is 2.50. The van der Waals surface area contributed by atoms with Gasteiger partial charge in [-0.1, -0.05) is 18.2 Å². The highest BCUT2D eigenvalue weighted by molar-refractivity contribution is 6.07. The lowest BCUT2D eigenvalue weighted by Crippen LogP contribution is -2.15. The number of benzene rings is 2.